The SMILES string of the molecule is CCNC(=NCc1nc(C)c(C)s1)NCCc1ccc(C)cc1C. The van der Waals surface area contributed by atoms with Crippen molar-refractivity contribution in [1.29, 1.82) is 0 Å². The van der Waals surface area contributed by atoms with Crippen LogP contribution in [0, 0.1) is 27.7 Å². The summed E-state index contributed by atoms with van der Waals surface area (Å²) in [5.41, 5.74) is 5.16. The van der Waals surface area contributed by atoms with Crippen LogP contribution in [0.2, 0.25) is 0 Å². The third-order valence-electron chi connectivity index (χ3n) is 3.97. The van der Waals surface area contributed by atoms with Crippen LogP contribution < -0.4 is 10.6 Å². The molecule has 0 spiro atoms. The first-order valence-corrected chi connectivity index (χ1v) is 9.32. The van der Waals surface area contributed by atoms with Gasteiger partial charge in [0.2, 0.25) is 0 Å². The maximum absolute atomic E-state index is 4.65. The Hall–Kier alpha value is -1.88. The molecule has 5 heteroatoms. The normalized spacial score (nSPS) is 11.6. The van der Waals surface area contributed by atoms with E-state index >= 15 is 0 Å². The molecule has 24 heavy (non-hydrogen) atoms. The van der Waals surface area contributed by atoms with Crippen molar-refractivity contribution < 1.29 is 0 Å². The van der Waals surface area contributed by atoms with Gasteiger partial charge >= 0.3 is 0 Å². The quantitative estimate of drug-likeness (QED) is 0.621. The first-order valence-electron chi connectivity index (χ1n) is 8.50. The number of hydrogen-bond donors (Lipinski definition) is 2. The molecular weight excluding hydrogens is 316 g/mol. The summed E-state index contributed by atoms with van der Waals surface area (Å²) in [6, 6.07) is 6.63. The number of thiazole rings is 1. The van der Waals surface area contributed by atoms with Crippen LogP contribution >= 0.6 is 11.3 Å². The highest BCUT2D eigenvalue weighted by Gasteiger charge is 2.04. The second kappa shape index (κ2) is 8.83. The number of benzene rings is 1. The fourth-order valence-electron chi connectivity index (χ4n) is 2.54. The predicted molar refractivity (Wildman–Crippen MR) is 104 cm³/mol. The molecule has 0 amide bonds. The van der Waals surface area contributed by atoms with E-state index in [0.29, 0.717) is 6.54 Å². The molecular formula is C19H28N4S. The molecule has 0 aliphatic carbocycles. The molecule has 0 atom stereocenters. The summed E-state index contributed by atoms with van der Waals surface area (Å²) in [5, 5.41) is 7.78. The third-order valence-corrected chi connectivity index (χ3v) is 5.03. The van der Waals surface area contributed by atoms with Gasteiger partial charge in [-0.2, -0.15) is 0 Å². The zero-order valence-electron chi connectivity index (χ0n) is 15.4. The molecule has 0 aliphatic heterocycles. The molecule has 130 valence electrons. The number of rotatable bonds is 6. The molecule has 4 nitrogen and oxygen atoms in total. The zero-order valence-corrected chi connectivity index (χ0v) is 16.2. The van der Waals surface area contributed by atoms with Crippen LogP contribution in [-0.2, 0) is 13.0 Å². The minimum atomic E-state index is 0.623. The molecule has 0 bridgehead atoms. The smallest absolute Gasteiger partial charge is 0.191 e. The molecule has 2 aromatic rings. The minimum absolute atomic E-state index is 0.623. The van der Waals surface area contributed by atoms with Crippen molar-refractivity contribution in [3.05, 3.63) is 50.5 Å². The molecule has 2 N–H and O–H groups in total. The topological polar surface area (TPSA) is 49.3 Å². The lowest BCUT2D eigenvalue weighted by Crippen LogP contribution is -2.38. The highest BCUT2D eigenvalue weighted by atomic mass is 32.1. The summed E-state index contributed by atoms with van der Waals surface area (Å²) in [5.74, 6) is 0.854. The lowest BCUT2D eigenvalue weighted by Gasteiger charge is -2.12. The highest BCUT2D eigenvalue weighted by molar-refractivity contribution is 7.11. The van der Waals surface area contributed by atoms with E-state index in [9.17, 15) is 0 Å². The fraction of sp³-hybridized carbons (Fsp3) is 0.474. The van der Waals surface area contributed by atoms with Crippen LogP contribution in [0.5, 0.6) is 0 Å². The molecule has 0 unspecified atom stereocenters. The van der Waals surface area contributed by atoms with E-state index in [-0.39, 0.29) is 0 Å². The van der Waals surface area contributed by atoms with Crippen LogP contribution in [0.15, 0.2) is 23.2 Å². The van der Waals surface area contributed by atoms with Crippen LogP contribution in [0.25, 0.3) is 0 Å². The summed E-state index contributed by atoms with van der Waals surface area (Å²) in [7, 11) is 0. The molecule has 1 heterocycles. The second-order valence-electron chi connectivity index (χ2n) is 6.05. The summed E-state index contributed by atoms with van der Waals surface area (Å²) >= 11 is 1.72. The van der Waals surface area contributed by atoms with Crippen molar-refractivity contribution in [3.8, 4) is 0 Å². The van der Waals surface area contributed by atoms with Gasteiger partial charge in [0.25, 0.3) is 0 Å². The van der Waals surface area contributed by atoms with E-state index in [2.05, 4.69) is 66.5 Å². The second-order valence-corrected chi connectivity index (χ2v) is 7.34. The number of nitrogens with zero attached hydrogens (tertiary/aromatic N) is 2. The van der Waals surface area contributed by atoms with Crippen molar-refractivity contribution in [1.82, 2.24) is 15.6 Å². The number of aliphatic imine (C=N–C) groups is 1. The molecule has 0 saturated heterocycles. The van der Waals surface area contributed by atoms with E-state index in [1.807, 2.05) is 6.92 Å². The molecule has 1 aromatic heterocycles. The van der Waals surface area contributed by atoms with Crippen LogP contribution in [-0.4, -0.2) is 24.0 Å². The van der Waals surface area contributed by atoms with Gasteiger partial charge in [0.1, 0.15) is 5.01 Å². The van der Waals surface area contributed by atoms with Gasteiger partial charge in [-0.25, -0.2) is 9.98 Å². The summed E-state index contributed by atoms with van der Waals surface area (Å²) < 4.78 is 0. The third kappa shape index (κ3) is 5.34. The Balaban J connectivity index is 1.91. The first kappa shape index (κ1) is 18.5. The number of guanidine groups is 1. The molecule has 2 rings (SSSR count). The lowest BCUT2D eigenvalue weighted by molar-refractivity contribution is 0.796. The maximum atomic E-state index is 4.65. The molecule has 0 fully saturated rings. The summed E-state index contributed by atoms with van der Waals surface area (Å²) in [4.78, 5) is 10.5. The van der Waals surface area contributed by atoms with E-state index < -0.39 is 0 Å². The minimum Gasteiger partial charge on any atom is -0.357 e. The van der Waals surface area contributed by atoms with Gasteiger partial charge in [-0.3, -0.25) is 0 Å². The van der Waals surface area contributed by atoms with E-state index in [1.54, 1.807) is 11.3 Å². The summed E-state index contributed by atoms with van der Waals surface area (Å²) in [6.07, 6.45) is 0.992. The van der Waals surface area contributed by atoms with Crippen molar-refractivity contribution >= 4 is 17.3 Å². The van der Waals surface area contributed by atoms with Crippen LogP contribution in [0.1, 0.15) is 39.2 Å². The Kier molecular flexibility index (Phi) is 6.79. The molecule has 0 aliphatic rings. The van der Waals surface area contributed by atoms with Gasteiger partial charge in [0.15, 0.2) is 5.96 Å². The summed E-state index contributed by atoms with van der Waals surface area (Å²) in [6.45, 7) is 12.9. The average Bonchev–Trinajstić information content (AvgIpc) is 2.85. The fourth-order valence-corrected chi connectivity index (χ4v) is 3.40. The number of nitrogens with one attached hydrogen (secondary N) is 2. The number of aromatic nitrogens is 1. The van der Waals surface area contributed by atoms with Gasteiger partial charge in [0, 0.05) is 18.0 Å². The van der Waals surface area contributed by atoms with Crippen molar-refractivity contribution in [3.63, 3.8) is 0 Å². The van der Waals surface area contributed by atoms with Gasteiger partial charge in [-0.15, -0.1) is 11.3 Å². The van der Waals surface area contributed by atoms with Gasteiger partial charge in [-0.05, 0) is 52.2 Å². The molecule has 0 saturated carbocycles. The van der Waals surface area contributed by atoms with Crippen molar-refractivity contribution in [2.45, 2.75) is 47.6 Å². The first-order chi connectivity index (χ1) is 11.5. The van der Waals surface area contributed by atoms with Crippen molar-refractivity contribution in [2.75, 3.05) is 13.1 Å². The maximum Gasteiger partial charge on any atom is 0.191 e. The van der Waals surface area contributed by atoms with E-state index in [4.69, 9.17) is 0 Å². The Morgan fingerprint density at radius 2 is 1.96 bits per heavy atom. The predicted octanol–water partition coefficient (Wildman–Crippen LogP) is 3.67. The average molecular weight is 345 g/mol. The Bertz CT molecular complexity index is 684. The monoisotopic (exact) mass is 344 g/mol. The van der Waals surface area contributed by atoms with E-state index in [0.717, 1.165) is 36.2 Å². The van der Waals surface area contributed by atoms with Crippen LogP contribution in [0.4, 0.5) is 0 Å². The Labute approximate surface area is 149 Å². The van der Waals surface area contributed by atoms with Gasteiger partial charge < -0.3 is 10.6 Å². The van der Waals surface area contributed by atoms with Gasteiger partial charge in [-0.1, -0.05) is 23.8 Å². The lowest BCUT2D eigenvalue weighted by atomic mass is 10.0. The Morgan fingerprint density at radius 3 is 2.58 bits per heavy atom. The Morgan fingerprint density at radius 1 is 1.17 bits per heavy atom. The number of hydrogen-bond acceptors (Lipinski definition) is 3. The molecule has 0 radical (unpaired) electrons. The standard InChI is InChI=1S/C19H28N4S/c1-6-20-19(22-12-18-23-15(4)16(5)24-18)21-10-9-17-8-7-13(2)11-14(17)3/h7-8,11H,6,9-10,12H2,1-5H3,(H2,20,21,22). The van der Waals surface area contributed by atoms with Crippen molar-refractivity contribution in [2.24, 2.45) is 4.99 Å². The largest absolute Gasteiger partial charge is 0.357 e. The number of aryl methyl sites for hydroxylation is 4. The van der Waals surface area contributed by atoms with E-state index in [1.165, 1.54) is 21.6 Å². The zero-order chi connectivity index (χ0) is 17.5. The van der Waals surface area contributed by atoms with Crippen LogP contribution in [0.3, 0.4) is 0 Å². The van der Waals surface area contributed by atoms with Gasteiger partial charge in [0.05, 0.1) is 12.2 Å². The molecule has 1 aromatic carbocycles. The highest BCUT2D eigenvalue weighted by Crippen LogP contribution is 2.17.